The van der Waals surface area contributed by atoms with E-state index in [0.29, 0.717) is 12.0 Å². The van der Waals surface area contributed by atoms with Crippen LogP contribution in [-0.2, 0) is 11.2 Å². The van der Waals surface area contributed by atoms with Gasteiger partial charge in [0.15, 0.2) is 5.82 Å². The fourth-order valence-corrected chi connectivity index (χ4v) is 3.13. The van der Waals surface area contributed by atoms with Gasteiger partial charge in [0.25, 0.3) is 0 Å². The number of aromatic nitrogens is 2. The Morgan fingerprint density at radius 3 is 2.74 bits per heavy atom. The maximum atomic E-state index is 11.8. The quantitative estimate of drug-likeness (QED) is 0.835. The Hall–Kier alpha value is -1.43. The molecule has 3 rings (SSSR count). The first kappa shape index (κ1) is 16.4. The van der Waals surface area contributed by atoms with Gasteiger partial charge in [-0.2, -0.15) is 4.98 Å². The minimum absolute atomic E-state index is 0.151. The van der Waals surface area contributed by atoms with Crippen LogP contribution in [0.1, 0.15) is 70.1 Å². The summed E-state index contributed by atoms with van der Waals surface area (Å²) in [5, 5.41) is 7.27. The summed E-state index contributed by atoms with van der Waals surface area (Å²) in [5.41, 5.74) is 0. The van der Waals surface area contributed by atoms with Crippen molar-refractivity contribution in [3.05, 3.63) is 11.7 Å². The molecule has 0 radical (unpaired) electrons. The molecule has 2 fully saturated rings. The fourth-order valence-electron chi connectivity index (χ4n) is 3.13. The van der Waals surface area contributed by atoms with E-state index in [0.717, 1.165) is 69.8 Å². The SMILES string of the molecule is CCCCc1noc(C(C)N2CCC(NC(=O)C3CC3)CC2)n1. The third-order valence-electron chi connectivity index (χ3n) is 4.97. The summed E-state index contributed by atoms with van der Waals surface area (Å²) in [5.74, 6) is 2.10. The Morgan fingerprint density at radius 2 is 2.09 bits per heavy atom. The number of nitrogens with zero attached hydrogens (tertiary/aromatic N) is 3. The molecule has 0 aromatic carbocycles. The van der Waals surface area contributed by atoms with Gasteiger partial charge in [0.05, 0.1) is 6.04 Å². The van der Waals surface area contributed by atoms with Crippen molar-refractivity contribution in [3.8, 4) is 0 Å². The first-order valence-electron chi connectivity index (χ1n) is 9.04. The van der Waals surface area contributed by atoms with Crippen molar-refractivity contribution >= 4 is 5.91 Å². The van der Waals surface area contributed by atoms with E-state index >= 15 is 0 Å². The van der Waals surface area contributed by atoms with Crippen molar-refractivity contribution in [1.29, 1.82) is 0 Å². The van der Waals surface area contributed by atoms with Gasteiger partial charge in [-0.3, -0.25) is 9.69 Å². The predicted octanol–water partition coefficient (Wildman–Crippen LogP) is 2.46. The second-order valence-electron chi connectivity index (χ2n) is 6.92. The summed E-state index contributed by atoms with van der Waals surface area (Å²) in [6.45, 7) is 6.21. The fraction of sp³-hybridized carbons (Fsp3) is 0.824. The van der Waals surface area contributed by atoms with Gasteiger partial charge in [0.1, 0.15) is 0 Å². The molecule has 1 saturated carbocycles. The highest BCUT2D eigenvalue weighted by molar-refractivity contribution is 5.81. The molecule has 1 N–H and O–H groups in total. The smallest absolute Gasteiger partial charge is 0.243 e. The molecule has 2 aliphatic rings. The Balaban J connectivity index is 1.46. The third kappa shape index (κ3) is 4.31. The molecule has 0 spiro atoms. The number of piperidine rings is 1. The summed E-state index contributed by atoms with van der Waals surface area (Å²) in [6, 6.07) is 0.479. The van der Waals surface area contributed by atoms with Crippen LogP contribution in [0.25, 0.3) is 0 Å². The lowest BCUT2D eigenvalue weighted by Crippen LogP contribution is -2.45. The highest BCUT2D eigenvalue weighted by Gasteiger charge is 2.32. The predicted molar refractivity (Wildman–Crippen MR) is 86.8 cm³/mol. The average Bonchev–Trinajstić information content (AvgIpc) is 3.32. The molecule has 6 nitrogen and oxygen atoms in total. The van der Waals surface area contributed by atoms with Gasteiger partial charge in [-0.05, 0) is 39.0 Å². The molecule has 1 aromatic rings. The second-order valence-corrected chi connectivity index (χ2v) is 6.92. The Labute approximate surface area is 138 Å². The standard InChI is InChI=1S/C17H28N4O2/c1-3-4-5-15-19-17(23-20-15)12(2)21-10-8-14(9-11-21)18-16(22)13-6-7-13/h12-14H,3-11H2,1-2H3,(H,18,22). The van der Waals surface area contributed by atoms with Gasteiger partial charge in [-0.1, -0.05) is 18.5 Å². The Morgan fingerprint density at radius 1 is 1.35 bits per heavy atom. The third-order valence-corrected chi connectivity index (χ3v) is 4.97. The van der Waals surface area contributed by atoms with Gasteiger partial charge in [0, 0.05) is 31.5 Å². The first-order chi connectivity index (χ1) is 11.2. The van der Waals surface area contributed by atoms with E-state index in [4.69, 9.17) is 4.52 Å². The van der Waals surface area contributed by atoms with Crippen LogP contribution in [-0.4, -0.2) is 40.1 Å². The molecular weight excluding hydrogens is 292 g/mol. The number of carbonyl (C=O) groups is 1. The van der Waals surface area contributed by atoms with E-state index in [1.165, 1.54) is 0 Å². The summed E-state index contributed by atoms with van der Waals surface area (Å²) < 4.78 is 5.44. The molecular formula is C17H28N4O2. The first-order valence-corrected chi connectivity index (χ1v) is 9.04. The maximum absolute atomic E-state index is 11.8. The van der Waals surface area contributed by atoms with E-state index in [9.17, 15) is 4.79 Å². The summed E-state index contributed by atoms with van der Waals surface area (Å²) in [7, 11) is 0. The normalized spacial score (nSPS) is 21.3. The van der Waals surface area contributed by atoms with E-state index < -0.39 is 0 Å². The minimum atomic E-state index is 0.151. The number of hydrogen-bond acceptors (Lipinski definition) is 5. The van der Waals surface area contributed by atoms with Crippen LogP contribution < -0.4 is 5.32 Å². The number of amides is 1. The number of carbonyl (C=O) groups excluding carboxylic acids is 1. The van der Waals surface area contributed by atoms with Crippen LogP contribution in [0.5, 0.6) is 0 Å². The van der Waals surface area contributed by atoms with Crippen LogP contribution in [0.15, 0.2) is 4.52 Å². The van der Waals surface area contributed by atoms with Gasteiger partial charge < -0.3 is 9.84 Å². The topological polar surface area (TPSA) is 71.3 Å². The van der Waals surface area contributed by atoms with Crippen molar-refractivity contribution in [2.75, 3.05) is 13.1 Å². The molecule has 1 atom stereocenters. The number of nitrogens with one attached hydrogen (secondary N) is 1. The average molecular weight is 320 g/mol. The van der Waals surface area contributed by atoms with Crippen LogP contribution in [0.4, 0.5) is 0 Å². The Bertz CT molecular complexity index is 518. The van der Waals surface area contributed by atoms with Crippen LogP contribution in [0.3, 0.4) is 0 Å². The van der Waals surface area contributed by atoms with Crippen LogP contribution in [0.2, 0.25) is 0 Å². The molecule has 1 amide bonds. The molecule has 128 valence electrons. The van der Waals surface area contributed by atoms with Crippen molar-refractivity contribution in [3.63, 3.8) is 0 Å². The molecule has 1 unspecified atom stereocenters. The van der Waals surface area contributed by atoms with Crippen molar-refractivity contribution < 1.29 is 9.32 Å². The van der Waals surface area contributed by atoms with E-state index in [1.807, 2.05) is 0 Å². The molecule has 1 saturated heterocycles. The lowest BCUT2D eigenvalue weighted by atomic mass is 10.0. The van der Waals surface area contributed by atoms with Crippen molar-refractivity contribution in [2.24, 2.45) is 5.92 Å². The molecule has 1 aromatic heterocycles. The number of unbranched alkanes of at least 4 members (excludes halogenated alkanes) is 1. The minimum Gasteiger partial charge on any atom is -0.353 e. The number of rotatable bonds is 7. The van der Waals surface area contributed by atoms with Crippen molar-refractivity contribution in [1.82, 2.24) is 20.4 Å². The Kier molecular flexibility index (Phi) is 5.30. The monoisotopic (exact) mass is 320 g/mol. The van der Waals surface area contributed by atoms with E-state index in [-0.39, 0.29) is 11.9 Å². The number of aryl methyl sites for hydroxylation is 1. The van der Waals surface area contributed by atoms with Gasteiger partial charge >= 0.3 is 0 Å². The number of likely N-dealkylation sites (tertiary alicyclic amines) is 1. The highest BCUT2D eigenvalue weighted by Crippen LogP contribution is 2.30. The largest absolute Gasteiger partial charge is 0.353 e. The van der Waals surface area contributed by atoms with E-state index in [2.05, 4.69) is 34.2 Å². The zero-order valence-corrected chi connectivity index (χ0v) is 14.3. The summed E-state index contributed by atoms with van der Waals surface area (Å²) in [4.78, 5) is 18.7. The lowest BCUT2D eigenvalue weighted by Gasteiger charge is -2.34. The van der Waals surface area contributed by atoms with Gasteiger partial charge in [0.2, 0.25) is 11.8 Å². The second kappa shape index (κ2) is 7.43. The van der Waals surface area contributed by atoms with Crippen LogP contribution in [0, 0.1) is 5.92 Å². The van der Waals surface area contributed by atoms with Gasteiger partial charge in [-0.25, -0.2) is 0 Å². The molecule has 1 aliphatic heterocycles. The zero-order valence-electron chi connectivity index (χ0n) is 14.3. The van der Waals surface area contributed by atoms with Gasteiger partial charge in [-0.15, -0.1) is 0 Å². The molecule has 0 bridgehead atoms. The summed E-state index contributed by atoms with van der Waals surface area (Å²) in [6.07, 6.45) is 7.26. The maximum Gasteiger partial charge on any atom is 0.243 e. The zero-order chi connectivity index (χ0) is 16.2. The molecule has 2 heterocycles. The molecule has 23 heavy (non-hydrogen) atoms. The lowest BCUT2D eigenvalue weighted by molar-refractivity contribution is -0.123. The van der Waals surface area contributed by atoms with Crippen LogP contribution >= 0.6 is 0 Å². The van der Waals surface area contributed by atoms with E-state index in [1.54, 1.807) is 0 Å². The number of hydrogen-bond donors (Lipinski definition) is 1. The molecule has 6 heteroatoms. The molecule has 1 aliphatic carbocycles. The summed E-state index contributed by atoms with van der Waals surface area (Å²) >= 11 is 0. The highest BCUT2D eigenvalue weighted by atomic mass is 16.5. The van der Waals surface area contributed by atoms with Crippen molar-refractivity contribution in [2.45, 2.75) is 70.9 Å².